The van der Waals surface area contributed by atoms with Gasteiger partial charge in [-0.2, -0.15) is 0 Å². The van der Waals surface area contributed by atoms with E-state index < -0.39 is 85.8 Å². The van der Waals surface area contributed by atoms with Gasteiger partial charge in [-0.3, -0.25) is 4.79 Å². The van der Waals surface area contributed by atoms with Crippen LogP contribution in [0.4, 0.5) is 0 Å². The second-order valence-electron chi connectivity index (χ2n) is 9.77. The van der Waals surface area contributed by atoms with Gasteiger partial charge in [-0.1, -0.05) is 36.4 Å². The van der Waals surface area contributed by atoms with Crippen molar-refractivity contribution in [3.05, 3.63) is 58.8 Å². The maximum Gasteiger partial charge on any atom is 0.239 e. The molecule has 222 valence electrons. The summed E-state index contributed by atoms with van der Waals surface area (Å²) < 4.78 is 28.0. The van der Waals surface area contributed by atoms with Crippen LogP contribution >= 0.6 is 0 Å². The molecule has 10 unspecified atom stereocenters. The monoisotopic (exact) mass is 578 g/mol. The molecule has 10 atom stereocenters. The molecule has 1 aromatic heterocycles. The number of benzene rings is 2. The number of rotatable bonds is 7. The lowest BCUT2D eigenvalue weighted by atomic mass is 9.98. The number of phenols is 1. The number of hydrogen-bond acceptors (Lipinski definition) is 14. The Morgan fingerprint density at radius 1 is 0.732 bits per heavy atom. The molecule has 0 spiro atoms. The summed E-state index contributed by atoms with van der Waals surface area (Å²) in [4.78, 5) is 13.5. The number of aromatic hydroxyl groups is 1. The topological polar surface area (TPSA) is 229 Å². The van der Waals surface area contributed by atoms with Gasteiger partial charge < -0.3 is 64.2 Å². The molecule has 0 aliphatic carbocycles. The number of fused-ring (bicyclic) bond motifs is 1. The molecule has 5 rings (SSSR count). The normalized spacial score (nSPS) is 34.0. The SMILES string of the molecule is O=c1c(OC2OC(COC3OC(CO)C(O)C(O)C3O)C(O)C(O)C2O)c(-c2ccccc2)oc2cccc(O)c12. The third-order valence-electron chi connectivity index (χ3n) is 7.07. The largest absolute Gasteiger partial charge is 0.507 e. The lowest BCUT2D eigenvalue weighted by Gasteiger charge is -2.42. The van der Waals surface area contributed by atoms with Gasteiger partial charge in [-0.05, 0) is 12.1 Å². The fourth-order valence-corrected chi connectivity index (χ4v) is 4.75. The summed E-state index contributed by atoms with van der Waals surface area (Å²) in [5.74, 6) is -0.891. The summed E-state index contributed by atoms with van der Waals surface area (Å²) in [6.07, 6.45) is -16.5. The van der Waals surface area contributed by atoms with Gasteiger partial charge in [0, 0.05) is 5.56 Å². The molecule has 0 amide bonds. The number of ether oxygens (including phenoxy) is 4. The van der Waals surface area contributed by atoms with Crippen LogP contribution in [-0.4, -0.2) is 115 Å². The summed E-state index contributed by atoms with van der Waals surface area (Å²) >= 11 is 0. The maximum atomic E-state index is 13.5. The number of aliphatic hydroxyl groups is 7. The lowest BCUT2D eigenvalue weighted by Crippen LogP contribution is -2.62. The number of phenolic OH excluding ortho intramolecular Hbond substituents is 1. The summed E-state index contributed by atoms with van der Waals surface area (Å²) in [6.45, 7) is -1.28. The predicted octanol–water partition coefficient (Wildman–Crippen LogP) is -1.83. The second kappa shape index (κ2) is 12.0. The summed E-state index contributed by atoms with van der Waals surface area (Å²) in [5, 5.41) is 81.4. The van der Waals surface area contributed by atoms with Crippen LogP contribution in [0.1, 0.15) is 0 Å². The molecule has 3 heterocycles. The molecular weight excluding hydrogens is 548 g/mol. The number of hydrogen-bond donors (Lipinski definition) is 8. The van der Waals surface area contributed by atoms with Crippen molar-refractivity contribution in [2.24, 2.45) is 0 Å². The van der Waals surface area contributed by atoms with Crippen molar-refractivity contribution in [2.45, 2.75) is 61.4 Å². The van der Waals surface area contributed by atoms with Crippen LogP contribution in [0.5, 0.6) is 11.5 Å². The molecule has 14 heteroatoms. The Morgan fingerprint density at radius 3 is 2.05 bits per heavy atom. The van der Waals surface area contributed by atoms with E-state index in [0.717, 1.165) is 0 Å². The minimum atomic E-state index is -1.86. The Kier molecular flexibility index (Phi) is 8.58. The van der Waals surface area contributed by atoms with Crippen molar-refractivity contribution >= 4 is 11.0 Å². The van der Waals surface area contributed by atoms with Gasteiger partial charge in [0.1, 0.15) is 65.6 Å². The highest BCUT2D eigenvalue weighted by Gasteiger charge is 2.48. The summed E-state index contributed by atoms with van der Waals surface area (Å²) in [7, 11) is 0. The molecule has 3 aromatic rings. The Morgan fingerprint density at radius 2 is 1.37 bits per heavy atom. The molecule has 8 N–H and O–H groups in total. The molecule has 0 radical (unpaired) electrons. The van der Waals surface area contributed by atoms with Gasteiger partial charge in [-0.15, -0.1) is 0 Å². The summed E-state index contributed by atoms with van der Waals surface area (Å²) in [5.41, 5.74) is -0.320. The minimum absolute atomic E-state index is 0.0563. The third-order valence-corrected chi connectivity index (χ3v) is 7.07. The van der Waals surface area contributed by atoms with Gasteiger partial charge in [0.25, 0.3) is 0 Å². The van der Waals surface area contributed by atoms with E-state index in [0.29, 0.717) is 5.56 Å². The average molecular weight is 579 g/mol. The van der Waals surface area contributed by atoms with E-state index in [-0.39, 0.29) is 22.5 Å². The molecule has 2 saturated heterocycles. The van der Waals surface area contributed by atoms with Crippen LogP contribution < -0.4 is 10.2 Å². The lowest BCUT2D eigenvalue weighted by molar-refractivity contribution is -0.323. The van der Waals surface area contributed by atoms with Crippen molar-refractivity contribution in [1.82, 2.24) is 0 Å². The van der Waals surface area contributed by atoms with Crippen LogP contribution in [0.2, 0.25) is 0 Å². The van der Waals surface area contributed by atoms with Gasteiger partial charge in [-0.25, -0.2) is 0 Å². The van der Waals surface area contributed by atoms with Crippen molar-refractivity contribution in [1.29, 1.82) is 0 Å². The third kappa shape index (κ3) is 5.54. The van der Waals surface area contributed by atoms with E-state index in [2.05, 4.69) is 0 Å². The Balaban J connectivity index is 1.42. The van der Waals surface area contributed by atoms with E-state index in [9.17, 15) is 45.6 Å². The van der Waals surface area contributed by atoms with E-state index in [1.54, 1.807) is 30.3 Å². The zero-order valence-electron chi connectivity index (χ0n) is 21.3. The first kappa shape index (κ1) is 29.3. The Hall–Kier alpha value is -3.15. The van der Waals surface area contributed by atoms with Gasteiger partial charge in [0.2, 0.25) is 17.5 Å². The van der Waals surface area contributed by atoms with Crippen molar-refractivity contribution in [3.8, 4) is 22.8 Å². The molecule has 2 aliphatic rings. The van der Waals surface area contributed by atoms with Crippen LogP contribution in [0.25, 0.3) is 22.3 Å². The smallest absolute Gasteiger partial charge is 0.239 e. The fraction of sp³-hybridized carbons (Fsp3) is 0.444. The Bertz CT molecular complexity index is 1390. The van der Waals surface area contributed by atoms with E-state index in [4.69, 9.17) is 23.4 Å². The zero-order chi connectivity index (χ0) is 29.4. The van der Waals surface area contributed by atoms with Crippen LogP contribution in [-0.2, 0) is 14.2 Å². The highest BCUT2D eigenvalue weighted by molar-refractivity contribution is 5.86. The molecule has 14 nitrogen and oxygen atoms in total. The first-order chi connectivity index (χ1) is 19.6. The second-order valence-corrected chi connectivity index (χ2v) is 9.77. The molecule has 2 aromatic carbocycles. The molecule has 2 fully saturated rings. The average Bonchev–Trinajstić information content (AvgIpc) is 2.98. The van der Waals surface area contributed by atoms with Crippen LogP contribution in [0.3, 0.4) is 0 Å². The van der Waals surface area contributed by atoms with Crippen LogP contribution in [0.15, 0.2) is 57.7 Å². The molecule has 0 saturated carbocycles. The maximum absolute atomic E-state index is 13.5. The van der Waals surface area contributed by atoms with Crippen molar-refractivity contribution in [2.75, 3.05) is 13.2 Å². The van der Waals surface area contributed by atoms with E-state index in [1.807, 2.05) is 0 Å². The standard InChI is InChI=1S/C27H30O14/c28-9-14-17(30)20(33)22(35)26(39-14)37-10-15-18(31)21(34)23(36)27(40-15)41-25-19(32)16-12(29)7-4-8-13(16)38-24(25)11-5-2-1-3-6-11/h1-8,14-15,17-18,20-23,26-31,33-36H,9-10H2. The summed E-state index contributed by atoms with van der Waals surface area (Å²) in [6, 6.07) is 12.6. The van der Waals surface area contributed by atoms with Crippen molar-refractivity contribution < 1.29 is 64.2 Å². The van der Waals surface area contributed by atoms with Gasteiger partial charge in [0.15, 0.2) is 12.1 Å². The van der Waals surface area contributed by atoms with Gasteiger partial charge >= 0.3 is 0 Å². The van der Waals surface area contributed by atoms with E-state index >= 15 is 0 Å². The Labute approximate surface area is 231 Å². The predicted molar refractivity (Wildman–Crippen MR) is 137 cm³/mol. The van der Waals surface area contributed by atoms with Crippen molar-refractivity contribution in [3.63, 3.8) is 0 Å². The first-order valence-corrected chi connectivity index (χ1v) is 12.7. The quantitative estimate of drug-likeness (QED) is 0.154. The van der Waals surface area contributed by atoms with E-state index in [1.165, 1.54) is 18.2 Å². The zero-order valence-corrected chi connectivity index (χ0v) is 21.3. The van der Waals surface area contributed by atoms with Crippen LogP contribution in [0, 0.1) is 0 Å². The first-order valence-electron chi connectivity index (χ1n) is 12.7. The highest BCUT2D eigenvalue weighted by atomic mass is 16.7. The minimum Gasteiger partial charge on any atom is -0.507 e. The fourth-order valence-electron chi connectivity index (χ4n) is 4.75. The molecular formula is C27H30O14. The molecule has 41 heavy (non-hydrogen) atoms. The molecule has 2 aliphatic heterocycles. The van der Waals surface area contributed by atoms with Gasteiger partial charge in [0.05, 0.1) is 13.2 Å². The highest BCUT2D eigenvalue weighted by Crippen LogP contribution is 2.35. The number of aliphatic hydroxyl groups excluding tert-OH is 7. The molecule has 0 bridgehead atoms.